The SMILES string of the molecule is CCCCNC(=O)CS(=O)(=O)c1cc(N)ccc1C. The maximum atomic E-state index is 12.1. The lowest BCUT2D eigenvalue weighted by Crippen LogP contribution is -2.31. The highest BCUT2D eigenvalue weighted by molar-refractivity contribution is 7.92. The van der Waals surface area contributed by atoms with Crippen LogP contribution in [-0.2, 0) is 14.6 Å². The zero-order chi connectivity index (χ0) is 14.5. The van der Waals surface area contributed by atoms with Gasteiger partial charge in [-0.1, -0.05) is 19.4 Å². The van der Waals surface area contributed by atoms with E-state index in [0.29, 0.717) is 17.8 Å². The van der Waals surface area contributed by atoms with E-state index in [9.17, 15) is 13.2 Å². The summed E-state index contributed by atoms with van der Waals surface area (Å²) in [5.74, 6) is -1.02. The molecule has 0 aromatic heterocycles. The minimum Gasteiger partial charge on any atom is -0.399 e. The van der Waals surface area contributed by atoms with E-state index in [2.05, 4.69) is 5.32 Å². The topological polar surface area (TPSA) is 89.3 Å². The number of nitrogens with one attached hydrogen (secondary N) is 1. The summed E-state index contributed by atoms with van der Waals surface area (Å²) in [6.07, 6.45) is 1.78. The van der Waals surface area contributed by atoms with Crippen molar-refractivity contribution in [3.63, 3.8) is 0 Å². The Morgan fingerprint density at radius 2 is 2.05 bits per heavy atom. The van der Waals surface area contributed by atoms with Gasteiger partial charge in [-0.25, -0.2) is 8.42 Å². The van der Waals surface area contributed by atoms with Crippen molar-refractivity contribution in [1.29, 1.82) is 0 Å². The summed E-state index contributed by atoms with van der Waals surface area (Å²) in [6.45, 7) is 4.18. The zero-order valence-electron chi connectivity index (χ0n) is 11.3. The first-order valence-electron chi connectivity index (χ1n) is 6.22. The largest absolute Gasteiger partial charge is 0.399 e. The van der Waals surface area contributed by atoms with Crippen LogP contribution in [0.3, 0.4) is 0 Å². The predicted molar refractivity (Wildman–Crippen MR) is 75.6 cm³/mol. The summed E-state index contributed by atoms with van der Waals surface area (Å²) >= 11 is 0. The smallest absolute Gasteiger partial charge is 0.235 e. The fourth-order valence-electron chi connectivity index (χ4n) is 1.66. The van der Waals surface area contributed by atoms with E-state index in [0.717, 1.165) is 12.8 Å². The molecule has 1 aromatic carbocycles. The average Bonchev–Trinajstić information content (AvgIpc) is 2.32. The lowest BCUT2D eigenvalue weighted by Gasteiger charge is -2.09. The van der Waals surface area contributed by atoms with Crippen molar-refractivity contribution in [2.75, 3.05) is 18.0 Å². The summed E-state index contributed by atoms with van der Waals surface area (Å²) in [5, 5.41) is 2.59. The molecule has 1 amide bonds. The van der Waals surface area contributed by atoms with Gasteiger partial charge in [0.25, 0.3) is 0 Å². The van der Waals surface area contributed by atoms with Gasteiger partial charge in [0.2, 0.25) is 5.91 Å². The molecule has 5 nitrogen and oxygen atoms in total. The Morgan fingerprint density at radius 3 is 2.68 bits per heavy atom. The molecule has 0 saturated carbocycles. The molecule has 0 fully saturated rings. The quantitative estimate of drug-likeness (QED) is 0.608. The Bertz CT molecular complexity index is 553. The number of carbonyl (C=O) groups excluding carboxylic acids is 1. The number of aryl methyl sites for hydroxylation is 1. The highest BCUT2D eigenvalue weighted by atomic mass is 32.2. The van der Waals surface area contributed by atoms with Crippen LogP contribution in [0.5, 0.6) is 0 Å². The van der Waals surface area contributed by atoms with Gasteiger partial charge in [-0.15, -0.1) is 0 Å². The first-order chi connectivity index (χ1) is 8.86. The van der Waals surface area contributed by atoms with Crippen LogP contribution >= 0.6 is 0 Å². The number of benzene rings is 1. The van der Waals surface area contributed by atoms with Crippen molar-refractivity contribution in [2.45, 2.75) is 31.6 Å². The number of unbranched alkanes of at least 4 members (excludes halogenated alkanes) is 1. The molecule has 0 saturated heterocycles. The van der Waals surface area contributed by atoms with Crippen molar-refractivity contribution < 1.29 is 13.2 Å². The van der Waals surface area contributed by atoms with E-state index in [1.165, 1.54) is 6.07 Å². The summed E-state index contributed by atoms with van der Waals surface area (Å²) in [4.78, 5) is 11.7. The Balaban J connectivity index is 2.81. The van der Waals surface area contributed by atoms with Gasteiger partial charge in [-0.05, 0) is 31.0 Å². The van der Waals surface area contributed by atoms with Gasteiger partial charge in [0.05, 0.1) is 4.90 Å². The molecule has 106 valence electrons. The van der Waals surface area contributed by atoms with Crippen LogP contribution < -0.4 is 11.1 Å². The number of amides is 1. The second kappa shape index (κ2) is 6.56. The molecule has 0 bridgehead atoms. The Morgan fingerprint density at radius 1 is 1.37 bits per heavy atom. The molecule has 0 heterocycles. The van der Waals surface area contributed by atoms with Crippen molar-refractivity contribution in [2.24, 2.45) is 0 Å². The minimum absolute atomic E-state index is 0.123. The highest BCUT2D eigenvalue weighted by Crippen LogP contribution is 2.19. The van der Waals surface area contributed by atoms with E-state index < -0.39 is 21.5 Å². The highest BCUT2D eigenvalue weighted by Gasteiger charge is 2.21. The molecule has 19 heavy (non-hydrogen) atoms. The summed E-state index contributed by atoms with van der Waals surface area (Å²) in [5.41, 5.74) is 6.55. The van der Waals surface area contributed by atoms with Crippen LogP contribution in [-0.4, -0.2) is 26.6 Å². The Labute approximate surface area is 114 Å². The number of anilines is 1. The number of rotatable bonds is 6. The molecule has 3 N–H and O–H groups in total. The summed E-state index contributed by atoms with van der Waals surface area (Å²) in [7, 11) is -3.64. The van der Waals surface area contributed by atoms with E-state index >= 15 is 0 Å². The predicted octanol–water partition coefficient (Wildman–Crippen LogP) is 1.27. The number of sulfone groups is 1. The lowest BCUT2D eigenvalue weighted by molar-refractivity contribution is -0.118. The van der Waals surface area contributed by atoms with Crippen molar-refractivity contribution in [3.05, 3.63) is 23.8 Å². The average molecular weight is 284 g/mol. The van der Waals surface area contributed by atoms with E-state index in [1.807, 2.05) is 6.92 Å². The molecule has 6 heteroatoms. The molecular weight excluding hydrogens is 264 g/mol. The maximum absolute atomic E-state index is 12.1. The van der Waals surface area contributed by atoms with E-state index in [1.54, 1.807) is 19.1 Å². The third-order valence-electron chi connectivity index (χ3n) is 2.72. The molecule has 0 spiro atoms. The number of nitrogens with two attached hydrogens (primary N) is 1. The standard InChI is InChI=1S/C13H20N2O3S/c1-3-4-7-15-13(16)9-19(17,18)12-8-11(14)6-5-10(12)2/h5-6,8H,3-4,7,9,14H2,1-2H3,(H,15,16). The van der Waals surface area contributed by atoms with Crippen LogP contribution in [0.15, 0.2) is 23.1 Å². The van der Waals surface area contributed by atoms with Crippen molar-refractivity contribution in [3.8, 4) is 0 Å². The second-order valence-corrected chi connectivity index (χ2v) is 6.45. The summed E-state index contributed by atoms with van der Waals surface area (Å²) in [6, 6.07) is 4.66. The Kier molecular flexibility index (Phi) is 5.35. The number of carbonyl (C=O) groups is 1. The van der Waals surface area contributed by atoms with Crippen LogP contribution in [0, 0.1) is 6.92 Å². The van der Waals surface area contributed by atoms with Gasteiger partial charge in [-0.3, -0.25) is 4.79 Å². The first-order valence-corrected chi connectivity index (χ1v) is 7.87. The van der Waals surface area contributed by atoms with Crippen molar-refractivity contribution in [1.82, 2.24) is 5.32 Å². The van der Waals surface area contributed by atoms with Crippen molar-refractivity contribution >= 4 is 21.4 Å². The molecule has 0 unspecified atom stereocenters. The molecule has 0 aliphatic carbocycles. The number of hydrogen-bond acceptors (Lipinski definition) is 4. The third kappa shape index (κ3) is 4.55. The molecule has 1 aromatic rings. The third-order valence-corrected chi connectivity index (χ3v) is 4.47. The van der Waals surface area contributed by atoms with E-state index in [4.69, 9.17) is 5.73 Å². The van der Waals surface area contributed by atoms with Gasteiger partial charge in [0.15, 0.2) is 9.84 Å². The normalized spacial score (nSPS) is 11.3. The fourth-order valence-corrected chi connectivity index (χ4v) is 3.13. The first kappa shape index (κ1) is 15.5. The van der Waals surface area contributed by atoms with Gasteiger partial charge in [0, 0.05) is 12.2 Å². The number of nitrogen functional groups attached to an aromatic ring is 1. The van der Waals surface area contributed by atoms with Crippen LogP contribution in [0.4, 0.5) is 5.69 Å². The molecule has 0 aliphatic heterocycles. The minimum atomic E-state index is -3.64. The molecular formula is C13H20N2O3S. The lowest BCUT2D eigenvalue weighted by atomic mass is 10.2. The molecule has 0 aliphatic rings. The van der Waals surface area contributed by atoms with Crippen LogP contribution in [0.2, 0.25) is 0 Å². The Hall–Kier alpha value is -1.56. The van der Waals surface area contributed by atoms with Crippen LogP contribution in [0.1, 0.15) is 25.3 Å². The van der Waals surface area contributed by atoms with Gasteiger partial charge in [-0.2, -0.15) is 0 Å². The van der Waals surface area contributed by atoms with Gasteiger partial charge < -0.3 is 11.1 Å². The van der Waals surface area contributed by atoms with E-state index in [-0.39, 0.29) is 4.90 Å². The maximum Gasteiger partial charge on any atom is 0.235 e. The second-order valence-electron chi connectivity index (χ2n) is 4.49. The van der Waals surface area contributed by atoms with Gasteiger partial charge >= 0.3 is 0 Å². The monoisotopic (exact) mass is 284 g/mol. The van der Waals surface area contributed by atoms with Crippen LogP contribution in [0.25, 0.3) is 0 Å². The van der Waals surface area contributed by atoms with Gasteiger partial charge in [0.1, 0.15) is 5.75 Å². The molecule has 1 rings (SSSR count). The molecule has 0 atom stereocenters. The molecule has 0 radical (unpaired) electrons. The zero-order valence-corrected chi connectivity index (χ0v) is 12.1. The fraction of sp³-hybridized carbons (Fsp3) is 0.462. The number of hydrogen-bond donors (Lipinski definition) is 2. The summed E-state index contributed by atoms with van der Waals surface area (Å²) < 4.78 is 24.3.